The smallest absolute Gasteiger partial charge is 0.261 e. The van der Waals surface area contributed by atoms with Crippen LogP contribution in [0.3, 0.4) is 0 Å². The molecule has 11 heteroatoms. The molecule has 0 spiro atoms. The number of aromatic amines is 2. The molecule has 0 aromatic carbocycles. The largest absolute Gasteiger partial charge is 0.495 e. The van der Waals surface area contributed by atoms with Gasteiger partial charge in [0.1, 0.15) is 28.5 Å². The maximum Gasteiger partial charge on any atom is 0.261 e. The van der Waals surface area contributed by atoms with E-state index in [0.717, 1.165) is 0 Å². The second kappa shape index (κ2) is 6.37. The van der Waals surface area contributed by atoms with Crippen molar-refractivity contribution in [2.24, 2.45) is 12.8 Å². The molecule has 0 bridgehead atoms. The number of amidine groups is 1. The highest BCUT2D eigenvalue weighted by Crippen LogP contribution is 2.30. The number of rotatable bonds is 5. The molecule has 6 N–H and O–H groups in total. The van der Waals surface area contributed by atoms with Crippen LogP contribution in [0.4, 0.5) is 5.69 Å². The van der Waals surface area contributed by atoms with Crippen molar-refractivity contribution in [3.8, 4) is 17.1 Å². The van der Waals surface area contributed by atoms with Crippen LogP contribution in [0.1, 0.15) is 6.92 Å². The number of hydrogen-bond acceptors (Lipinski definition) is 7. The Bertz CT molecular complexity index is 1270. The van der Waals surface area contributed by atoms with Gasteiger partial charge >= 0.3 is 0 Å². The Balaban J connectivity index is 1.98. The Labute approximate surface area is 158 Å². The fourth-order valence-corrected chi connectivity index (χ4v) is 2.95. The van der Waals surface area contributed by atoms with Crippen LogP contribution in [-0.2, 0) is 7.05 Å². The third-order valence-corrected chi connectivity index (χ3v) is 4.40. The number of anilines is 1. The molecule has 28 heavy (non-hydrogen) atoms. The fraction of sp³-hybridized carbons (Fsp3) is 0.235. The van der Waals surface area contributed by atoms with Gasteiger partial charge in [0.05, 0.1) is 36.1 Å². The van der Waals surface area contributed by atoms with Crippen LogP contribution in [0, 0.1) is 5.41 Å². The minimum Gasteiger partial charge on any atom is -0.495 e. The van der Waals surface area contributed by atoms with E-state index < -0.39 is 6.04 Å². The van der Waals surface area contributed by atoms with Gasteiger partial charge in [-0.05, 0) is 6.92 Å². The van der Waals surface area contributed by atoms with Crippen molar-refractivity contribution in [1.82, 2.24) is 29.7 Å². The SMILES string of the molecule is COc1cnc2nc(-c3c(N[C@@H](C)C(=N)N)c4nn(C)cc4[nH]c3=O)[nH]c2c1. The van der Waals surface area contributed by atoms with E-state index in [2.05, 4.69) is 30.4 Å². The first kappa shape index (κ1) is 17.5. The van der Waals surface area contributed by atoms with Crippen molar-refractivity contribution in [3.63, 3.8) is 0 Å². The number of fused-ring (bicyclic) bond motifs is 2. The van der Waals surface area contributed by atoms with Crippen LogP contribution in [-0.4, -0.2) is 48.7 Å². The topological polar surface area (TPSA) is 163 Å². The number of hydrogen-bond donors (Lipinski definition) is 5. The molecule has 11 nitrogen and oxygen atoms in total. The van der Waals surface area contributed by atoms with Crippen molar-refractivity contribution in [1.29, 1.82) is 5.41 Å². The second-order valence-electron chi connectivity index (χ2n) is 6.42. The van der Waals surface area contributed by atoms with Crippen LogP contribution < -0.4 is 21.3 Å². The molecule has 0 aliphatic rings. The average Bonchev–Trinajstić information content (AvgIpc) is 3.22. The van der Waals surface area contributed by atoms with E-state index >= 15 is 0 Å². The van der Waals surface area contributed by atoms with Crippen LogP contribution in [0.2, 0.25) is 0 Å². The van der Waals surface area contributed by atoms with Crippen molar-refractivity contribution in [2.75, 3.05) is 12.4 Å². The van der Waals surface area contributed by atoms with Crippen LogP contribution in [0.5, 0.6) is 5.75 Å². The minimum atomic E-state index is -0.506. The third-order valence-electron chi connectivity index (χ3n) is 4.40. The number of ether oxygens (including phenoxy) is 1. The lowest BCUT2D eigenvalue weighted by atomic mass is 10.1. The molecule has 0 aliphatic carbocycles. The molecule has 0 amide bonds. The van der Waals surface area contributed by atoms with E-state index in [1.807, 2.05) is 0 Å². The molecule has 0 saturated heterocycles. The molecule has 1 atom stereocenters. The summed E-state index contributed by atoms with van der Waals surface area (Å²) in [5.74, 6) is 0.828. The van der Waals surface area contributed by atoms with E-state index in [-0.39, 0.29) is 17.0 Å². The van der Waals surface area contributed by atoms with Crippen molar-refractivity contribution in [3.05, 3.63) is 28.8 Å². The summed E-state index contributed by atoms with van der Waals surface area (Å²) in [5.41, 5.74) is 8.13. The molecule has 4 aromatic heterocycles. The lowest BCUT2D eigenvalue weighted by Crippen LogP contribution is -2.32. The number of pyridine rings is 2. The van der Waals surface area contributed by atoms with E-state index in [1.54, 1.807) is 44.2 Å². The van der Waals surface area contributed by atoms with E-state index in [1.165, 1.54) is 0 Å². The summed E-state index contributed by atoms with van der Waals surface area (Å²) in [7, 11) is 3.30. The van der Waals surface area contributed by atoms with Crippen LogP contribution in [0.15, 0.2) is 23.3 Å². The minimum absolute atomic E-state index is 0.0636. The predicted octanol–water partition coefficient (Wildman–Crippen LogP) is 0.945. The van der Waals surface area contributed by atoms with Crippen molar-refractivity contribution < 1.29 is 4.74 Å². The Morgan fingerprint density at radius 3 is 2.89 bits per heavy atom. The van der Waals surface area contributed by atoms with Gasteiger partial charge in [-0.15, -0.1) is 0 Å². The van der Waals surface area contributed by atoms with Gasteiger partial charge in [-0.3, -0.25) is 14.9 Å². The summed E-state index contributed by atoms with van der Waals surface area (Å²) in [6.07, 6.45) is 3.26. The van der Waals surface area contributed by atoms with E-state index in [0.29, 0.717) is 39.5 Å². The maximum absolute atomic E-state index is 12.9. The molecule has 0 aliphatic heterocycles. The third kappa shape index (κ3) is 2.82. The average molecular weight is 381 g/mol. The molecular formula is C17H19N9O2. The standard InChI is InChI=1S/C17H19N9O2/c1-7(14(18)19)21-13-11(17(27)23-10-6-26(2)25-12(10)13)16-22-9-4-8(28-3)5-20-15(9)24-16/h4-7,21H,1-3H3,(H3,18,19)(H,23,27)(H,20,22,24)/t7-/m0/s1. The molecule has 0 fully saturated rings. The summed E-state index contributed by atoms with van der Waals surface area (Å²) >= 11 is 0. The molecule has 0 saturated carbocycles. The summed E-state index contributed by atoms with van der Waals surface area (Å²) in [6, 6.07) is 1.24. The lowest BCUT2D eigenvalue weighted by molar-refractivity contribution is 0.413. The number of aryl methyl sites for hydroxylation is 1. The summed E-state index contributed by atoms with van der Waals surface area (Å²) in [5, 5.41) is 15.2. The van der Waals surface area contributed by atoms with E-state index in [4.69, 9.17) is 15.9 Å². The normalized spacial score (nSPS) is 12.4. The second-order valence-corrected chi connectivity index (χ2v) is 6.42. The quantitative estimate of drug-likeness (QED) is 0.254. The van der Waals surface area contributed by atoms with E-state index in [9.17, 15) is 4.79 Å². The predicted molar refractivity (Wildman–Crippen MR) is 106 cm³/mol. The number of imidazole rings is 1. The highest BCUT2D eigenvalue weighted by molar-refractivity contribution is 5.98. The van der Waals surface area contributed by atoms with Gasteiger partial charge in [0, 0.05) is 19.3 Å². The summed E-state index contributed by atoms with van der Waals surface area (Å²) in [4.78, 5) is 27.5. The number of aromatic nitrogens is 6. The number of nitrogens with two attached hydrogens (primary N) is 1. The Hall–Kier alpha value is -3.89. The van der Waals surface area contributed by atoms with Gasteiger partial charge in [-0.2, -0.15) is 5.10 Å². The Morgan fingerprint density at radius 1 is 1.39 bits per heavy atom. The van der Waals surface area contributed by atoms with Crippen molar-refractivity contribution >= 4 is 33.7 Å². The monoisotopic (exact) mass is 381 g/mol. The molecule has 0 unspecified atom stereocenters. The lowest BCUT2D eigenvalue weighted by Gasteiger charge is -2.16. The highest BCUT2D eigenvalue weighted by atomic mass is 16.5. The van der Waals surface area contributed by atoms with Crippen molar-refractivity contribution in [2.45, 2.75) is 13.0 Å². The zero-order valence-corrected chi connectivity index (χ0v) is 15.5. The first-order valence-electron chi connectivity index (χ1n) is 8.47. The first-order chi connectivity index (χ1) is 13.4. The highest BCUT2D eigenvalue weighted by Gasteiger charge is 2.22. The summed E-state index contributed by atoms with van der Waals surface area (Å²) < 4.78 is 6.78. The molecule has 4 aromatic rings. The molecular weight excluding hydrogens is 362 g/mol. The Kier molecular flexibility index (Phi) is 3.99. The van der Waals surface area contributed by atoms with Crippen LogP contribution in [0.25, 0.3) is 33.6 Å². The van der Waals surface area contributed by atoms with Gasteiger partial charge < -0.3 is 25.8 Å². The van der Waals surface area contributed by atoms with Crippen LogP contribution >= 0.6 is 0 Å². The van der Waals surface area contributed by atoms with Gasteiger partial charge in [0.25, 0.3) is 5.56 Å². The molecule has 0 radical (unpaired) electrons. The number of H-pyrrole nitrogens is 2. The zero-order chi connectivity index (χ0) is 20.0. The fourth-order valence-electron chi connectivity index (χ4n) is 2.95. The first-order valence-corrected chi connectivity index (χ1v) is 8.47. The molecule has 4 rings (SSSR count). The van der Waals surface area contributed by atoms with Gasteiger partial charge in [-0.1, -0.05) is 0 Å². The summed E-state index contributed by atoms with van der Waals surface area (Å²) in [6.45, 7) is 1.73. The Morgan fingerprint density at radius 2 is 2.18 bits per heavy atom. The van der Waals surface area contributed by atoms with Gasteiger partial charge in [0.15, 0.2) is 5.65 Å². The molecule has 4 heterocycles. The number of nitrogens with zero attached hydrogens (tertiary/aromatic N) is 4. The molecule has 144 valence electrons. The number of methoxy groups -OCH3 is 1. The zero-order valence-electron chi connectivity index (χ0n) is 15.5. The van der Waals surface area contributed by atoms with Gasteiger partial charge in [0.2, 0.25) is 0 Å². The number of nitrogens with one attached hydrogen (secondary N) is 4. The maximum atomic E-state index is 12.9. The van der Waals surface area contributed by atoms with Gasteiger partial charge in [-0.25, -0.2) is 9.97 Å².